The number of piperidine rings is 1. The summed E-state index contributed by atoms with van der Waals surface area (Å²) in [7, 11) is 7.40. The van der Waals surface area contributed by atoms with E-state index < -0.39 is 23.4 Å². The van der Waals surface area contributed by atoms with Gasteiger partial charge in [0.15, 0.2) is 23.4 Å². The van der Waals surface area contributed by atoms with Crippen LogP contribution in [0.1, 0.15) is 24.7 Å². The Morgan fingerprint density at radius 2 is 1.85 bits per heavy atom. The Kier molecular flexibility index (Phi) is 6.63. The highest BCUT2D eigenvalue weighted by Crippen LogP contribution is 2.44. The number of aryl methyl sites for hydroxylation is 1. The molecule has 12 heteroatoms. The van der Waals surface area contributed by atoms with Crippen LogP contribution in [0, 0.1) is 11.6 Å². The van der Waals surface area contributed by atoms with Gasteiger partial charge in [0.25, 0.3) is 0 Å². The van der Waals surface area contributed by atoms with Gasteiger partial charge in [0.1, 0.15) is 11.3 Å². The number of aromatic amines is 1. The Balaban J connectivity index is 1.66. The molecule has 0 radical (unpaired) electrons. The first-order chi connectivity index (χ1) is 19.6. The molecule has 1 aromatic carbocycles. The number of benzene rings is 1. The van der Waals surface area contributed by atoms with Gasteiger partial charge >= 0.3 is 0 Å². The average Bonchev–Trinajstić information content (AvgIpc) is 3.36. The Morgan fingerprint density at radius 3 is 2.51 bits per heavy atom. The first kappa shape index (κ1) is 27.1. The summed E-state index contributed by atoms with van der Waals surface area (Å²) in [5, 5.41) is 23.2. The predicted molar refractivity (Wildman–Crippen MR) is 155 cm³/mol. The van der Waals surface area contributed by atoms with Gasteiger partial charge in [0, 0.05) is 69.0 Å². The molecule has 1 aliphatic heterocycles. The highest BCUT2D eigenvalue weighted by molar-refractivity contribution is 6.18. The van der Waals surface area contributed by atoms with E-state index in [4.69, 9.17) is 0 Å². The van der Waals surface area contributed by atoms with Crippen LogP contribution in [0.2, 0.25) is 0 Å². The summed E-state index contributed by atoms with van der Waals surface area (Å²) in [4.78, 5) is 29.8. The normalized spacial score (nSPS) is 14.8. The molecule has 10 nitrogen and oxygen atoms in total. The zero-order chi connectivity index (χ0) is 29.2. The van der Waals surface area contributed by atoms with Gasteiger partial charge in [0.05, 0.1) is 38.6 Å². The van der Waals surface area contributed by atoms with Gasteiger partial charge in [-0.1, -0.05) is 0 Å². The van der Waals surface area contributed by atoms with Crippen LogP contribution < -0.4 is 15.6 Å². The fraction of sp³-hybridized carbons (Fsp3) is 0.345. The van der Waals surface area contributed by atoms with E-state index in [1.165, 1.54) is 6.20 Å². The summed E-state index contributed by atoms with van der Waals surface area (Å²) in [5.41, 5.74) is 2.66. The first-order valence-electron chi connectivity index (χ1n) is 13.4. The second kappa shape index (κ2) is 10.1. The Bertz CT molecular complexity index is 1870. The molecule has 0 atom stereocenters. The minimum Gasteiger partial charge on any atom is -0.386 e. The van der Waals surface area contributed by atoms with E-state index in [0.717, 1.165) is 18.9 Å². The molecule has 0 amide bonds. The zero-order valence-electron chi connectivity index (χ0n) is 23.2. The summed E-state index contributed by atoms with van der Waals surface area (Å²) in [5.74, 6) is -1.95. The van der Waals surface area contributed by atoms with Crippen molar-refractivity contribution in [3.05, 3.63) is 58.1 Å². The Morgan fingerprint density at radius 1 is 1.12 bits per heavy atom. The molecule has 0 bridgehead atoms. The lowest BCUT2D eigenvalue weighted by atomic mass is 9.97. The molecule has 41 heavy (non-hydrogen) atoms. The third kappa shape index (κ3) is 4.30. The molecule has 214 valence electrons. The maximum atomic E-state index is 15.6. The smallest absolute Gasteiger partial charge is 0.199 e. The molecule has 4 N–H and O–H groups in total. The molecule has 1 aliphatic rings. The fourth-order valence-electron chi connectivity index (χ4n) is 6.01. The number of fused-ring (bicyclic) bond motifs is 4. The number of nitrogens with zero attached hydrogens (tertiary/aromatic N) is 5. The van der Waals surface area contributed by atoms with Gasteiger partial charge in [0.2, 0.25) is 0 Å². The number of aliphatic hydroxyl groups excluding tert-OH is 1. The Hall–Kier alpha value is -4.13. The summed E-state index contributed by atoms with van der Waals surface area (Å²) < 4.78 is 32.0. The van der Waals surface area contributed by atoms with Crippen molar-refractivity contribution in [1.82, 2.24) is 24.4 Å². The van der Waals surface area contributed by atoms with Crippen LogP contribution >= 0.6 is 0 Å². The van der Waals surface area contributed by atoms with E-state index in [1.807, 2.05) is 14.1 Å². The molecule has 0 aliphatic carbocycles. The number of rotatable bonds is 5. The van der Waals surface area contributed by atoms with Crippen molar-refractivity contribution in [2.45, 2.75) is 25.2 Å². The van der Waals surface area contributed by atoms with E-state index in [9.17, 15) is 19.4 Å². The lowest BCUT2D eigenvalue weighted by Gasteiger charge is -2.37. The number of H-pyrrole nitrogens is 1. The highest BCUT2D eigenvalue weighted by atomic mass is 19.2. The number of aliphatic hydroxyl groups is 2. The number of hydrogen-bond acceptors (Lipinski definition) is 8. The summed E-state index contributed by atoms with van der Waals surface area (Å²) >= 11 is 0. The van der Waals surface area contributed by atoms with E-state index in [-0.39, 0.29) is 16.3 Å². The van der Waals surface area contributed by atoms with Gasteiger partial charge in [-0.2, -0.15) is 0 Å². The molecule has 0 saturated carbocycles. The van der Waals surface area contributed by atoms with Gasteiger partial charge in [-0.25, -0.2) is 18.7 Å². The number of hydrogen-bond donors (Lipinski definition) is 4. The molecule has 5 heterocycles. The van der Waals surface area contributed by atoms with E-state index in [2.05, 4.69) is 30.1 Å². The molecular formula is C29H31F2N7O3. The van der Waals surface area contributed by atoms with Gasteiger partial charge in [-0.05, 0) is 33.0 Å². The second-order valence-corrected chi connectivity index (χ2v) is 10.8. The van der Waals surface area contributed by atoms with E-state index in [0.29, 0.717) is 63.8 Å². The summed E-state index contributed by atoms with van der Waals surface area (Å²) in [6.45, 7) is 1.34. The standard InChI is InChI=1S/C29H31F2N7O3/c1-32-20-10-19(30)23(31)21-22-25(38-7-5-15(6-8-38)36(2)3)17(12-33-27(22)35-24(20)21)14-9-16-26(39)18(29(40)41)13-37(4)28(16)34-11-14/h9-13,15,29,32,40-41H,5-8H2,1-4H3,(H,33,35). The average molecular weight is 564 g/mol. The molecule has 1 fully saturated rings. The monoisotopic (exact) mass is 563 g/mol. The van der Waals surface area contributed by atoms with Crippen molar-refractivity contribution in [3.8, 4) is 11.1 Å². The molecule has 1 saturated heterocycles. The molecule has 0 unspecified atom stereocenters. The number of nitrogens with one attached hydrogen (secondary N) is 2. The molecule has 5 aromatic rings. The van der Waals surface area contributed by atoms with Crippen LogP contribution in [-0.2, 0) is 7.05 Å². The van der Waals surface area contributed by atoms with Crippen molar-refractivity contribution in [1.29, 1.82) is 0 Å². The lowest BCUT2D eigenvalue weighted by Crippen LogP contribution is -2.42. The Labute approximate surface area is 233 Å². The molecule has 6 rings (SSSR count). The van der Waals surface area contributed by atoms with Crippen LogP contribution in [0.25, 0.3) is 44.1 Å². The molecule has 4 aromatic heterocycles. The maximum Gasteiger partial charge on any atom is 0.199 e. The van der Waals surface area contributed by atoms with E-state index >= 15 is 4.39 Å². The minimum absolute atomic E-state index is 0.0961. The second-order valence-electron chi connectivity index (χ2n) is 10.8. The molecular weight excluding hydrogens is 532 g/mol. The number of halogens is 2. The molecule has 0 spiro atoms. The number of aromatic nitrogens is 4. The van der Waals surface area contributed by atoms with Crippen molar-refractivity contribution in [3.63, 3.8) is 0 Å². The van der Waals surface area contributed by atoms with Crippen LogP contribution in [0.3, 0.4) is 0 Å². The SMILES string of the molecule is CNc1cc(F)c(F)c2c1[nH]c1ncc(-c3cnc4c(c3)c(=O)c(C(O)O)cn4C)c(N3CCC(N(C)C)CC3)c12. The minimum atomic E-state index is -1.95. The van der Waals surface area contributed by atoms with Crippen molar-refractivity contribution < 1.29 is 19.0 Å². The third-order valence-electron chi connectivity index (χ3n) is 8.17. The maximum absolute atomic E-state index is 15.6. The fourth-order valence-corrected chi connectivity index (χ4v) is 6.01. The largest absolute Gasteiger partial charge is 0.386 e. The topological polar surface area (TPSA) is 123 Å². The number of anilines is 2. The third-order valence-corrected chi connectivity index (χ3v) is 8.17. The quantitative estimate of drug-likeness (QED) is 0.240. The summed E-state index contributed by atoms with van der Waals surface area (Å²) in [6.07, 6.45) is 4.39. The van der Waals surface area contributed by atoms with Crippen molar-refractivity contribution in [2.75, 3.05) is 44.4 Å². The van der Waals surface area contributed by atoms with Crippen LogP contribution in [0.4, 0.5) is 20.2 Å². The van der Waals surface area contributed by atoms with Gasteiger partial charge in [-0.3, -0.25) is 4.79 Å². The number of pyridine rings is 3. The summed E-state index contributed by atoms with van der Waals surface area (Å²) in [6, 6.07) is 3.14. The van der Waals surface area contributed by atoms with Crippen LogP contribution in [0.5, 0.6) is 0 Å². The van der Waals surface area contributed by atoms with Crippen molar-refractivity contribution in [2.24, 2.45) is 7.05 Å². The van der Waals surface area contributed by atoms with Crippen LogP contribution in [-0.4, -0.2) is 74.9 Å². The lowest BCUT2D eigenvalue weighted by molar-refractivity contribution is -0.0435. The van der Waals surface area contributed by atoms with E-state index in [1.54, 1.807) is 37.1 Å². The van der Waals surface area contributed by atoms with Crippen molar-refractivity contribution >= 4 is 44.3 Å². The van der Waals surface area contributed by atoms with Gasteiger partial charge in [-0.15, -0.1) is 0 Å². The first-order valence-corrected chi connectivity index (χ1v) is 13.4. The highest BCUT2D eigenvalue weighted by Gasteiger charge is 2.28. The predicted octanol–water partition coefficient (Wildman–Crippen LogP) is 3.46. The zero-order valence-corrected chi connectivity index (χ0v) is 23.2. The van der Waals surface area contributed by atoms with Gasteiger partial charge < -0.3 is 34.9 Å². The van der Waals surface area contributed by atoms with Crippen LogP contribution in [0.15, 0.2) is 35.5 Å².